The highest BCUT2D eigenvalue weighted by molar-refractivity contribution is 6.04. The van der Waals surface area contributed by atoms with Gasteiger partial charge in [0.05, 0.1) is 12.7 Å². The van der Waals surface area contributed by atoms with E-state index in [-0.39, 0.29) is 5.91 Å². The molecule has 3 rings (SSSR count). The summed E-state index contributed by atoms with van der Waals surface area (Å²) < 4.78 is 10.4. The molecule has 1 heterocycles. The number of pyridine rings is 1. The number of methoxy groups -OCH3 is 1. The number of anilines is 1. The molecule has 0 aliphatic heterocycles. The number of ether oxygens (including phenoxy) is 2. The molecule has 0 saturated heterocycles. The standard InChI is InChI=1S/C21H19N3O4/c1-27-21(26)15-5-7-17(8-6-15)24-20(25)16-3-2-4-18(12-16)28-19-11-14(13-22)9-10-23-19/h2-12H,13,22H2,1H3,(H,24,25). The van der Waals surface area contributed by atoms with Gasteiger partial charge in [0.1, 0.15) is 5.75 Å². The Balaban J connectivity index is 1.70. The number of hydrogen-bond acceptors (Lipinski definition) is 6. The zero-order chi connectivity index (χ0) is 19.9. The Hall–Kier alpha value is -3.71. The maximum absolute atomic E-state index is 12.5. The lowest BCUT2D eigenvalue weighted by Gasteiger charge is -2.09. The Kier molecular flexibility index (Phi) is 5.98. The molecule has 0 aliphatic rings. The normalized spacial score (nSPS) is 10.2. The van der Waals surface area contributed by atoms with Gasteiger partial charge >= 0.3 is 5.97 Å². The van der Waals surface area contributed by atoms with Crippen LogP contribution in [-0.4, -0.2) is 24.0 Å². The Morgan fingerprint density at radius 3 is 2.54 bits per heavy atom. The predicted octanol–water partition coefficient (Wildman–Crippen LogP) is 3.37. The Morgan fingerprint density at radius 2 is 1.82 bits per heavy atom. The van der Waals surface area contributed by atoms with Crippen LogP contribution in [0.1, 0.15) is 26.3 Å². The fourth-order valence-electron chi connectivity index (χ4n) is 2.47. The van der Waals surface area contributed by atoms with Gasteiger partial charge in [0.15, 0.2) is 0 Å². The second-order valence-electron chi connectivity index (χ2n) is 5.86. The van der Waals surface area contributed by atoms with E-state index < -0.39 is 5.97 Å². The van der Waals surface area contributed by atoms with Gasteiger partial charge in [-0.3, -0.25) is 4.79 Å². The summed E-state index contributed by atoms with van der Waals surface area (Å²) in [4.78, 5) is 28.1. The van der Waals surface area contributed by atoms with Crippen LogP contribution in [0.25, 0.3) is 0 Å². The van der Waals surface area contributed by atoms with Gasteiger partial charge in [-0.15, -0.1) is 0 Å². The van der Waals surface area contributed by atoms with E-state index in [1.165, 1.54) is 7.11 Å². The molecule has 7 heteroatoms. The van der Waals surface area contributed by atoms with Crippen LogP contribution >= 0.6 is 0 Å². The van der Waals surface area contributed by atoms with Crippen molar-refractivity contribution in [2.75, 3.05) is 12.4 Å². The number of carbonyl (C=O) groups excluding carboxylic acids is 2. The van der Waals surface area contributed by atoms with Crippen LogP contribution in [0, 0.1) is 0 Å². The Bertz CT molecular complexity index is 987. The summed E-state index contributed by atoms with van der Waals surface area (Å²) in [5.74, 6) is 0.143. The molecule has 0 bridgehead atoms. The molecule has 0 fully saturated rings. The number of carbonyl (C=O) groups is 2. The lowest BCUT2D eigenvalue weighted by Crippen LogP contribution is -2.12. The highest BCUT2D eigenvalue weighted by Gasteiger charge is 2.10. The first-order valence-corrected chi connectivity index (χ1v) is 8.51. The number of nitrogens with zero attached hydrogens (tertiary/aromatic N) is 1. The van der Waals surface area contributed by atoms with Crippen molar-refractivity contribution in [1.29, 1.82) is 0 Å². The molecule has 2 aromatic carbocycles. The van der Waals surface area contributed by atoms with Gasteiger partial charge in [0.2, 0.25) is 5.88 Å². The minimum Gasteiger partial charge on any atom is -0.465 e. The van der Waals surface area contributed by atoms with Gasteiger partial charge in [-0.25, -0.2) is 9.78 Å². The highest BCUT2D eigenvalue weighted by atomic mass is 16.5. The molecule has 7 nitrogen and oxygen atoms in total. The van der Waals surface area contributed by atoms with E-state index in [1.807, 2.05) is 6.07 Å². The molecule has 1 amide bonds. The van der Waals surface area contributed by atoms with Crippen LogP contribution in [0.2, 0.25) is 0 Å². The second kappa shape index (κ2) is 8.79. The monoisotopic (exact) mass is 377 g/mol. The first-order chi connectivity index (χ1) is 13.6. The van der Waals surface area contributed by atoms with Crippen LogP contribution in [-0.2, 0) is 11.3 Å². The molecule has 0 unspecified atom stereocenters. The maximum atomic E-state index is 12.5. The topological polar surface area (TPSA) is 104 Å². The van der Waals surface area contributed by atoms with Crippen LogP contribution < -0.4 is 15.8 Å². The van der Waals surface area contributed by atoms with E-state index >= 15 is 0 Å². The van der Waals surface area contributed by atoms with Crippen molar-refractivity contribution in [2.24, 2.45) is 5.73 Å². The number of amides is 1. The SMILES string of the molecule is COC(=O)c1ccc(NC(=O)c2cccc(Oc3cc(CN)ccn3)c2)cc1. The highest BCUT2D eigenvalue weighted by Crippen LogP contribution is 2.22. The zero-order valence-corrected chi connectivity index (χ0v) is 15.2. The van der Waals surface area contributed by atoms with Crippen molar-refractivity contribution < 1.29 is 19.1 Å². The summed E-state index contributed by atoms with van der Waals surface area (Å²) in [6, 6.07) is 16.7. The molecule has 142 valence electrons. The summed E-state index contributed by atoms with van der Waals surface area (Å²) in [6.07, 6.45) is 1.62. The average Bonchev–Trinajstić information content (AvgIpc) is 2.74. The molecule has 1 aromatic heterocycles. The predicted molar refractivity (Wildman–Crippen MR) is 104 cm³/mol. The molecular formula is C21H19N3O4. The number of rotatable bonds is 6. The molecular weight excluding hydrogens is 358 g/mol. The van der Waals surface area contributed by atoms with Crippen LogP contribution in [0.5, 0.6) is 11.6 Å². The van der Waals surface area contributed by atoms with Crippen molar-refractivity contribution in [3.63, 3.8) is 0 Å². The van der Waals surface area contributed by atoms with Gasteiger partial charge in [-0.1, -0.05) is 6.07 Å². The summed E-state index contributed by atoms with van der Waals surface area (Å²) in [5, 5.41) is 2.77. The van der Waals surface area contributed by atoms with Crippen molar-refractivity contribution in [2.45, 2.75) is 6.54 Å². The van der Waals surface area contributed by atoms with Gasteiger partial charge in [0.25, 0.3) is 5.91 Å². The first-order valence-electron chi connectivity index (χ1n) is 8.51. The minimum absolute atomic E-state index is 0.306. The Labute approximate surface area is 162 Å². The first kappa shape index (κ1) is 19.1. The Morgan fingerprint density at radius 1 is 1.04 bits per heavy atom. The van der Waals surface area contributed by atoms with E-state index in [0.717, 1.165) is 5.56 Å². The maximum Gasteiger partial charge on any atom is 0.337 e. The van der Waals surface area contributed by atoms with Crippen LogP contribution in [0.3, 0.4) is 0 Å². The lowest BCUT2D eigenvalue weighted by molar-refractivity contribution is 0.0600. The third kappa shape index (κ3) is 4.72. The van der Waals surface area contributed by atoms with E-state index in [0.29, 0.717) is 35.0 Å². The fourth-order valence-corrected chi connectivity index (χ4v) is 2.47. The van der Waals surface area contributed by atoms with Gasteiger partial charge in [-0.2, -0.15) is 0 Å². The van der Waals surface area contributed by atoms with Crippen molar-refractivity contribution >= 4 is 17.6 Å². The third-order valence-corrected chi connectivity index (χ3v) is 3.92. The molecule has 0 saturated carbocycles. The summed E-state index contributed by atoms with van der Waals surface area (Å²) >= 11 is 0. The summed E-state index contributed by atoms with van der Waals surface area (Å²) in [7, 11) is 1.31. The zero-order valence-electron chi connectivity index (χ0n) is 15.2. The van der Waals surface area contributed by atoms with Crippen molar-refractivity contribution in [3.05, 3.63) is 83.6 Å². The molecule has 28 heavy (non-hydrogen) atoms. The van der Waals surface area contributed by atoms with Gasteiger partial charge in [-0.05, 0) is 54.1 Å². The largest absolute Gasteiger partial charge is 0.465 e. The fraction of sp³-hybridized carbons (Fsp3) is 0.0952. The number of hydrogen-bond donors (Lipinski definition) is 2. The second-order valence-corrected chi connectivity index (χ2v) is 5.86. The number of aromatic nitrogens is 1. The van der Waals surface area contributed by atoms with E-state index in [4.69, 9.17) is 10.5 Å². The minimum atomic E-state index is -0.435. The number of benzene rings is 2. The van der Waals surface area contributed by atoms with Gasteiger partial charge in [0, 0.05) is 30.1 Å². The third-order valence-electron chi connectivity index (χ3n) is 3.92. The van der Waals surface area contributed by atoms with E-state index in [9.17, 15) is 9.59 Å². The van der Waals surface area contributed by atoms with Crippen LogP contribution in [0.4, 0.5) is 5.69 Å². The molecule has 0 radical (unpaired) electrons. The number of esters is 1. The molecule has 3 N–H and O–H groups in total. The quantitative estimate of drug-likeness (QED) is 0.639. The van der Waals surface area contributed by atoms with Gasteiger partial charge < -0.3 is 20.5 Å². The van der Waals surface area contributed by atoms with Crippen molar-refractivity contribution in [1.82, 2.24) is 4.98 Å². The molecule has 0 spiro atoms. The molecule has 0 aliphatic carbocycles. The smallest absolute Gasteiger partial charge is 0.337 e. The van der Waals surface area contributed by atoms with Crippen LogP contribution in [0.15, 0.2) is 66.9 Å². The van der Waals surface area contributed by atoms with E-state index in [2.05, 4.69) is 15.0 Å². The summed E-state index contributed by atoms with van der Waals surface area (Å²) in [5.41, 5.74) is 7.90. The molecule has 0 atom stereocenters. The lowest BCUT2D eigenvalue weighted by atomic mass is 10.1. The molecule has 3 aromatic rings. The van der Waals surface area contributed by atoms with Crippen molar-refractivity contribution in [3.8, 4) is 11.6 Å². The van der Waals surface area contributed by atoms with E-state index in [1.54, 1.807) is 60.8 Å². The summed E-state index contributed by atoms with van der Waals surface area (Å²) in [6.45, 7) is 0.385. The average molecular weight is 377 g/mol. The number of nitrogens with two attached hydrogens (primary N) is 1. The number of nitrogens with one attached hydrogen (secondary N) is 1.